The van der Waals surface area contributed by atoms with Crippen LogP contribution < -0.4 is 4.98 Å². The zero-order valence-corrected chi connectivity index (χ0v) is 34.3. The molecule has 0 aliphatic carbocycles. The third-order valence-corrected chi connectivity index (χ3v) is 10.0. The minimum Gasteiger partial charge on any atom is -0.663 e. The Bertz CT molecular complexity index is 2410. The Morgan fingerprint density at radius 3 is 1.67 bits per heavy atom. The van der Waals surface area contributed by atoms with E-state index < -0.39 is 0 Å². The summed E-state index contributed by atoms with van der Waals surface area (Å²) in [6.45, 7) is 27.3. The van der Waals surface area contributed by atoms with E-state index >= 15 is 0 Å². The number of fused-ring (bicyclic) bond motifs is 4. The number of benzene rings is 4. The first-order valence-electron chi connectivity index (χ1n) is 17.8. The SMILES string of the molecule is CC(C)(C)c1cc(-c2[c-]c(-c3cc(C(C)(C)C)cc4c3[n-]c3ccc(C(C)(C)C)cc34)cc(C(C)(C)C)c2)[c-]c(-c2nccc3occc23)c1.[Au+3]. The first-order chi connectivity index (χ1) is 23.3. The van der Waals surface area contributed by atoms with E-state index in [4.69, 9.17) is 14.4 Å². The Labute approximate surface area is 319 Å². The van der Waals surface area contributed by atoms with Gasteiger partial charge in [-0.05, 0) is 55.7 Å². The van der Waals surface area contributed by atoms with Gasteiger partial charge in [-0.2, -0.15) is 40.9 Å². The van der Waals surface area contributed by atoms with Crippen LogP contribution in [0.25, 0.3) is 66.3 Å². The van der Waals surface area contributed by atoms with E-state index in [0.717, 1.165) is 55.5 Å². The fraction of sp³-hybridized carbons (Fsp3) is 0.340. The zero-order valence-electron chi connectivity index (χ0n) is 32.1. The molecule has 3 aromatic heterocycles. The van der Waals surface area contributed by atoms with Crippen molar-refractivity contribution in [3.63, 3.8) is 0 Å². The average Bonchev–Trinajstić information content (AvgIpc) is 3.67. The first kappa shape index (κ1) is 36.9. The van der Waals surface area contributed by atoms with Crippen LogP contribution in [0.5, 0.6) is 0 Å². The van der Waals surface area contributed by atoms with Crippen molar-refractivity contribution in [3.05, 3.63) is 114 Å². The van der Waals surface area contributed by atoms with E-state index in [1.165, 1.54) is 33.0 Å². The van der Waals surface area contributed by atoms with Gasteiger partial charge in [0.15, 0.2) is 0 Å². The normalized spacial score (nSPS) is 12.9. The van der Waals surface area contributed by atoms with Crippen molar-refractivity contribution in [3.8, 4) is 33.5 Å². The smallest absolute Gasteiger partial charge is 0.663 e. The Balaban J connectivity index is 0.00000448. The fourth-order valence-corrected chi connectivity index (χ4v) is 6.71. The van der Waals surface area contributed by atoms with E-state index in [0.29, 0.717) is 0 Å². The molecule has 7 aromatic rings. The Morgan fingerprint density at radius 2 is 1.06 bits per heavy atom. The molecule has 0 atom stereocenters. The number of pyridine rings is 1. The molecule has 3 heterocycles. The van der Waals surface area contributed by atoms with Crippen LogP contribution >= 0.6 is 0 Å². The van der Waals surface area contributed by atoms with Crippen molar-refractivity contribution >= 4 is 32.8 Å². The van der Waals surface area contributed by atoms with Gasteiger partial charge in [0.25, 0.3) is 0 Å². The molecule has 0 spiro atoms. The van der Waals surface area contributed by atoms with E-state index in [1.54, 1.807) is 6.26 Å². The van der Waals surface area contributed by atoms with Gasteiger partial charge in [0, 0.05) is 17.3 Å². The summed E-state index contributed by atoms with van der Waals surface area (Å²) >= 11 is 0. The molecule has 0 aliphatic heterocycles. The molecule has 0 radical (unpaired) electrons. The topological polar surface area (TPSA) is 40.1 Å². The maximum atomic E-state index is 5.76. The van der Waals surface area contributed by atoms with E-state index in [2.05, 4.69) is 150 Å². The van der Waals surface area contributed by atoms with E-state index in [1.807, 2.05) is 18.3 Å². The van der Waals surface area contributed by atoms with Gasteiger partial charge in [0.2, 0.25) is 0 Å². The third kappa shape index (κ3) is 7.01. The molecule has 264 valence electrons. The number of furan rings is 1. The Morgan fingerprint density at radius 1 is 0.529 bits per heavy atom. The van der Waals surface area contributed by atoms with E-state index in [9.17, 15) is 0 Å². The number of rotatable bonds is 3. The molecule has 0 aliphatic rings. The Kier molecular flexibility index (Phi) is 9.15. The molecule has 0 saturated carbocycles. The summed E-state index contributed by atoms with van der Waals surface area (Å²) in [4.78, 5) is 10.1. The molecule has 0 fully saturated rings. The van der Waals surface area contributed by atoms with Gasteiger partial charge in [0.1, 0.15) is 5.58 Å². The largest absolute Gasteiger partial charge is 3.00 e. The molecule has 0 amide bonds. The van der Waals surface area contributed by atoms with Crippen molar-refractivity contribution in [2.75, 3.05) is 0 Å². The summed E-state index contributed by atoms with van der Waals surface area (Å²) in [5.41, 5.74) is 13.7. The maximum Gasteiger partial charge on any atom is 3.00 e. The molecule has 0 N–H and O–H groups in total. The second-order valence-electron chi connectivity index (χ2n) is 18.1. The minimum absolute atomic E-state index is 0. The van der Waals surface area contributed by atoms with Gasteiger partial charge in [-0.3, -0.25) is 4.98 Å². The molecule has 7 rings (SSSR count). The van der Waals surface area contributed by atoms with Crippen molar-refractivity contribution in [2.24, 2.45) is 0 Å². The van der Waals surface area contributed by atoms with Crippen molar-refractivity contribution in [1.29, 1.82) is 0 Å². The molecule has 3 nitrogen and oxygen atoms in total. The van der Waals surface area contributed by atoms with Gasteiger partial charge in [-0.1, -0.05) is 119 Å². The molecule has 4 heteroatoms. The average molecular weight is 855 g/mol. The minimum atomic E-state index is -0.0977. The Hall–Kier alpha value is -3.89. The number of nitrogens with zero attached hydrogens (tertiary/aromatic N) is 2. The second kappa shape index (κ2) is 12.7. The predicted octanol–water partition coefficient (Wildman–Crippen LogP) is 12.9. The van der Waals surface area contributed by atoms with Crippen LogP contribution in [0.2, 0.25) is 0 Å². The molecular formula is C47H49AuN2O. The summed E-state index contributed by atoms with van der Waals surface area (Å²) in [5, 5.41) is 3.40. The maximum absolute atomic E-state index is 5.76. The monoisotopic (exact) mass is 854 g/mol. The van der Waals surface area contributed by atoms with Crippen molar-refractivity contribution in [2.45, 2.75) is 105 Å². The number of hydrogen-bond acceptors (Lipinski definition) is 2. The van der Waals surface area contributed by atoms with Crippen molar-refractivity contribution < 1.29 is 26.8 Å². The standard InChI is InChI=1S/C47H49N2O.Au/c1-44(2,3)32-13-14-40-38(25-32)39-27-35(47(10,11)12)26-37(43(39)49-40)30-19-28(21-33(23-30)45(4,5)6)29-20-31(24-34(22-29)46(7,8)9)42-36-16-18-50-41(36)15-17-48-42;/h13-18,21-27H,1-12H3;/q-3;+3. The van der Waals surface area contributed by atoms with Gasteiger partial charge in [-0.25, -0.2) is 0 Å². The van der Waals surface area contributed by atoms with Crippen LogP contribution in [0.1, 0.15) is 105 Å². The fourth-order valence-electron chi connectivity index (χ4n) is 6.71. The zero-order chi connectivity index (χ0) is 36.0. The molecule has 51 heavy (non-hydrogen) atoms. The second-order valence-corrected chi connectivity index (χ2v) is 18.1. The molecule has 4 aromatic carbocycles. The van der Waals surface area contributed by atoms with Crippen LogP contribution in [-0.2, 0) is 44.0 Å². The molecule has 0 saturated heterocycles. The van der Waals surface area contributed by atoms with Gasteiger partial charge in [0.05, 0.1) is 6.26 Å². The summed E-state index contributed by atoms with van der Waals surface area (Å²) in [6, 6.07) is 32.3. The molecular weight excluding hydrogens is 805 g/mol. The third-order valence-electron chi connectivity index (χ3n) is 10.0. The summed E-state index contributed by atoms with van der Waals surface area (Å²) in [6.07, 6.45) is 3.55. The van der Waals surface area contributed by atoms with Crippen LogP contribution in [0.4, 0.5) is 0 Å². The van der Waals surface area contributed by atoms with Gasteiger partial charge >= 0.3 is 22.4 Å². The predicted molar refractivity (Wildman–Crippen MR) is 211 cm³/mol. The van der Waals surface area contributed by atoms with Gasteiger partial charge < -0.3 is 9.40 Å². The summed E-state index contributed by atoms with van der Waals surface area (Å²) in [5.74, 6) is 0. The number of hydrogen-bond donors (Lipinski definition) is 0. The summed E-state index contributed by atoms with van der Waals surface area (Å²) < 4.78 is 5.76. The molecule has 0 unspecified atom stereocenters. The van der Waals surface area contributed by atoms with E-state index in [-0.39, 0.29) is 44.0 Å². The summed E-state index contributed by atoms with van der Waals surface area (Å²) in [7, 11) is 0. The first-order valence-corrected chi connectivity index (χ1v) is 17.8. The van der Waals surface area contributed by atoms with Crippen LogP contribution in [0, 0.1) is 12.1 Å². The van der Waals surface area contributed by atoms with Crippen molar-refractivity contribution in [1.82, 2.24) is 9.97 Å². The number of aromatic nitrogens is 2. The van der Waals surface area contributed by atoms with Crippen LogP contribution in [0.15, 0.2) is 83.6 Å². The quantitative estimate of drug-likeness (QED) is 0.131. The van der Waals surface area contributed by atoms with Crippen LogP contribution in [0.3, 0.4) is 0 Å². The van der Waals surface area contributed by atoms with Gasteiger partial charge in [-0.15, -0.1) is 39.9 Å². The molecule has 0 bridgehead atoms. The van der Waals surface area contributed by atoms with Crippen LogP contribution in [-0.4, -0.2) is 4.98 Å².